The molecule has 0 aliphatic rings. The van der Waals surface area contributed by atoms with Gasteiger partial charge in [-0.1, -0.05) is 6.92 Å². The zero-order chi connectivity index (χ0) is 8.85. The van der Waals surface area contributed by atoms with E-state index in [1.807, 2.05) is 21.0 Å². The fourth-order valence-corrected chi connectivity index (χ4v) is 0.856. The van der Waals surface area contributed by atoms with Crippen LogP contribution in [0.2, 0.25) is 0 Å². The first-order chi connectivity index (χ1) is 5.04. The number of rotatable bonds is 5. The average molecular weight is 158 g/mol. The molecule has 2 N–H and O–H groups in total. The maximum atomic E-state index is 10.6. The van der Waals surface area contributed by atoms with Crippen molar-refractivity contribution < 1.29 is 4.79 Å². The van der Waals surface area contributed by atoms with Crippen molar-refractivity contribution in [2.45, 2.75) is 19.8 Å². The van der Waals surface area contributed by atoms with E-state index in [1.54, 1.807) is 0 Å². The molecule has 1 amide bonds. The van der Waals surface area contributed by atoms with Crippen LogP contribution in [0, 0.1) is 5.92 Å². The first-order valence-electron chi connectivity index (χ1n) is 3.98. The van der Waals surface area contributed by atoms with Gasteiger partial charge in [0.1, 0.15) is 0 Å². The monoisotopic (exact) mass is 158 g/mol. The van der Waals surface area contributed by atoms with E-state index in [-0.39, 0.29) is 11.8 Å². The SMILES string of the molecule is CC(CCCN(C)C)C(N)=O. The lowest BCUT2D eigenvalue weighted by molar-refractivity contribution is -0.121. The first kappa shape index (κ1) is 10.4. The molecule has 3 heteroatoms. The lowest BCUT2D eigenvalue weighted by atomic mass is 10.1. The molecule has 0 aromatic rings. The Kier molecular flexibility index (Phi) is 4.86. The lowest BCUT2D eigenvalue weighted by Gasteiger charge is -2.10. The summed E-state index contributed by atoms with van der Waals surface area (Å²) in [5.74, 6) is -0.168. The molecule has 0 heterocycles. The number of carbonyl (C=O) groups excluding carboxylic acids is 1. The Bertz CT molecular complexity index is 123. The summed E-state index contributed by atoms with van der Waals surface area (Å²) in [5, 5.41) is 0. The van der Waals surface area contributed by atoms with Crippen LogP contribution < -0.4 is 5.73 Å². The summed E-state index contributed by atoms with van der Waals surface area (Å²) in [6.45, 7) is 2.90. The quantitative estimate of drug-likeness (QED) is 0.631. The zero-order valence-corrected chi connectivity index (χ0v) is 7.63. The second kappa shape index (κ2) is 5.13. The Balaban J connectivity index is 3.31. The Labute approximate surface area is 68.6 Å². The van der Waals surface area contributed by atoms with E-state index in [0.717, 1.165) is 19.4 Å². The third-order valence-corrected chi connectivity index (χ3v) is 1.73. The third-order valence-electron chi connectivity index (χ3n) is 1.73. The minimum absolute atomic E-state index is 0.0231. The van der Waals surface area contributed by atoms with Crippen molar-refractivity contribution in [1.82, 2.24) is 4.90 Å². The van der Waals surface area contributed by atoms with Gasteiger partial charge in [-0.25, -0.2) is 0 Å². The van der Waals surface area contributed by atoms with E-state index in [1.165, 1.54) is 0 Å². The van der Waals surface area contributed by atoms with Gasteiger partial charge in [-0.3, -0.25) is 4.79 Å². The predicted octanol–water partition coefficient (Wildman–Crippen LogP) is 0.450. The molecule has 1 unspecified atom stereocenters. The molecule has 0 aromatic carbocycles. The second-order valence-corrected chi connectivity index (χ2v) is 3.25. The van der Waals surface area contributed by atoms with Crippen LogP contribution in [0.4, 0.5) is 0 Å². The van der Waals surface area contributed by atoms with Gasteiger partial charge in [0.25, 0.3) is 0 Å². The van der Waals surface area contributed by atoms with Crippen molar-refractivity contribution in [3.05, 3.63) is 0 Å². The van der Waals surface area contributed by atoms with Gasteiger partial charge in [0.05, 0.1) is 0 Å². The topological polar surface area (TPSA) is 46.3 Å². The fraction of sp³-hybridized carbons (Fsp3) is 0.875. The fourth-order valence-electron chi connectivity index (χ4n) is 0.856. The van der Waals surface area contributed by atoms with Crippen molar-refractivity contribution in [2.24, 2.45) is 11.7 Å². The molecule has 0 aliphatic heterocycles. The molecule has 0 spiro atoms. The normalized spacial score (nSPS) is 13.5. The molecule has 11 heavy (non-hydrogen) atoms. The van der Waals surface area contributed by atoms with Crippen LogP contribution in [0.5, 0.6) is 0 Å². The predicted molar refractivity (Wildman–Crippen MR) is 46.1 cm³/mol. The molecule has 0 bridgehead atoms. The van der Waals surface area contributed by atoms with Gasteiger partial charge >= 0.3 is 0 Å². The van der Waals surface area contributed by atoms with Crippen LogP contribution in [0.25, 0.3) is 0 Å². The van der Waals surface area contributed by atoms with Gasteiger partial charge in [-0.15, -0.1) is 0 Å². The summed E-state index contributed by atoms with van der Waals surface area (Å²) in [4.78, 5) is 12.7. The molecular weight excluding hydrogens is 140 g/mol. The molecular formula is C8H18N2O. The van der Waals surface area contributed by atoms with Gasteiger partial charge in [-0.2, -0.15) is 0 Å². The van der Waals surface area contributed by atoms with Crippen LogP contribution in [0.3, 0.4) is 0 Å². The molecule has 0 saturated carbocycles. The number of nitrogens with two attached hydrogens (primary N) is 1. The van der Waals surface area contributed by atoms with Crippen LogP contribution in [0.15, 0.2) is 0 Å². The van der Waals surface area contributed by atoms with E-state index in [9.17, 15) is 4.79 Å². The summed E-state index contributed by atoms with van der Waals surface area (Å²) < 4.78 is 0. The Morgan fingerprint density at radius 1 is 1.55 bits per heavy atom. The molecule has 66 valence electrons. The summed E-state index contributed by atoms with van der Waals surface area (Å²) in [7, 11) is 4.05. The van der Waals surface area contributed by atoms with E-state index in [0.29, 0.717) is 0 Å². The molecule has 0 rings (SSSR count). The third kappa shape index (κ3) is 5.85. The maximum Gasteiger partial charge on any atom is 0.220 e. The average Bonchev–Trinajstić information content (AvgIpc) is 1.86. The number of carbonyl (C=O) groups is 1. The van der Waals surface area contributed by atoms with Gasteiger partial charge < -0.3 is 10.6 Å². The molecule has 3 nitrogen and oxygen atoms in total. The summed E-state index contributed by atoms with van der Waals surface area (Å²) in [6.07, 6.45) is 1.94. The van der Waals surface area contributed by atoms with Gasteiger partial charge in [0, 0.05) is 5.92 Å². The van der Waals surface area contributed by atoms with Crippen LogP contribution in [-0.4, -0.2) is 31.4 Å². The molecule has 0 fully saturated rings. The highest BCUT2D eigenvalue weighted by atomic mass is 16.1. The van der Waals surface area contributed by atoms with E-state index in [2.05, 4.69) is 4.90 Å². The summed E-state index contributed by atoms with van der Waals surface area (Å²) in [6, 6.07) is 0. The number of primary amides is 1. The Morgan fingerprint density at radius 2 is 2.09 bits per heavy atom. The maximum absolute atomic E-state index is 10.6. The second-order valence-electron chi connectivity index (χ2n) is 3.25. The smallest absolute Gasteiger partial charge is 0.220 e. The van der Waals surface area contributed by atoms with Crippen LogP contribution >= 0.6 is 0 Å². The van der Waals surface area contributed by atoms with E-state index in [4.69, 9.17) is 5.73 Å². The van der Waals surface area contributed by atoms with Crippen molar-refractivity contribution >= 4 is 5.91 Å². The number of hydrogen-bond acceptors (Lipinski definition) is 2. The first-order valence-corrected chi connectivity index (χ1v) is 3.98. The van der Waals surface area contributed by atoms with E-state index < -0.39 is 0 Å². The molecule has 0 radical (unpaired) electrons. The number of hydrogen-bond donors (Lipinski definition) is 1. The zero-order valence-electron chi connectivity index (χ0n) is 7.63. The highest BCUT2D eigenvalue weighted by Crippen LogP contribution is 2.03. The van der Waals surface area contributed by atoms with Crippen molar-refractivity contribution in [3.63, 3.8) is 0 Å². The highest BCUT2D eigenvalue weighted by molar-refractivity contribution is 5.76. The van der Waals surface area contributed by atoms with Gasteiger partial charge in [0.2, 0.25) is 5.91 Å². The molecule has 0 aliphatic carbocycles. The minimum atomic E-state index is -0.191. The van der Waals surface area contributed by atoms with Crippen molar-refractivity contribution in [3.8, 4) is 0 Å². The van der Waals surface area contributed by atoms with E-state index >= 15 is 0 Å². The number of amides is 1. The highest BCUT2D eigenvalue weighted by Gasteiger charge is 2.07. The molecule has 0 saturated heterocycles. The standard InChI is InChI=1S/C8H18N2O/c1-7(8(9)11)5-4-6-10(2)3/h7H,4-6H2,1-3H3,(H2,9,11). The molecule has 1 atom stereocenters. The van der Waals surface area contributed by atoms with Gasteiger partial charge in [0.15, 0.2) is 0 Å². The van der Waals surface area contributed by atoms with Crippen molar-refractivity contribution in [1.29, 1.82) is 0 Å². The van der Waals surface area contributed by atoms with Crippen molar-refractivity contribution in [2.75, 3.05) is 20.6 Å². The molecule has 0 aromatic heterocycles. The van der Waals surface area contributed by atoms with Gasteiger partial charge in [-0.05, 0) is 33.5 Å². The largest absolute Gasteiger partial charge is 0.369 e. The Morgan fingerprint density at radius 3 is 2.45 bits per heavy atom. The number of nitrogens with zero attached hydrogens (tertiary/aromatic N) is 1. The summed E-state index contributed by atoms with van der Waals surface area (Å²) in [5.41, 5.74) is 5.10. The minimum Gasteiger partial charge on any atom is -0.369 e. The van der Waals surface area contributed by atoms with Crippen LogP contribution in [0.1, 0.15) is 19.8 Å². The summed E-state index contributed by atoms with van der Waals surface area (Å²) >= 11 is 0. The van der Waals surface area contributed by atoms with Crippen LogP contribution in [-0.2, 0) is 4.79 Å². The lowest BCUT2D eigenvalue weighted by Crippen LogP contribution is -2.22. The Hall–Kier alpha value is -0.570.